The zero-order valence-electron chi connectivity index (χ0n) is 27.0. The Morgan fingerprint density at radius 1 is 0.488 bits per heavy atom. The SMILES string of the molecule is O=C(O)CCCCCCCC(O)C(O)CCCCCCCCC(O)(CCCCCCCCCCCCC(O)CO)C(=O)O. The van der Waals surface area contributed by atoms with Crippen LogP contribution >= 0.6 is 0 Å². The predicted molar refractivity (Wildman–Crippen MR) is 170 cm³/mol. The zero-order chi connectivity index (χ0) is 32.2. The maximum absolute atomic E-state index is 11.7. The summed E-state index contributed by atoms with van der Waals surface area (Å²) in [5, 5.41) is 67.4. The third kappa shape index (κ3) is 25.7. The highest BCUT2D eigenvalue weighted by Gasteiger charge is 2.34. The molecule has 0 aliphatic carbocycles. The van der Waals surface area contributed by atoms with Gasteiger partial charge in [-0.1, -0.05) is 116 Å². The third-order valence-corrected chi connectivity index (χ3v) is 8.66. The van der Waals surface area contributed by atoms with Crippen molar-refractivity contribution in [2.75, 3.05) is 6.61 Å². The Balaban J connectivity index is 3.73. The summed E-state index contributed by atoms with van der Waals surface area (Å²) in [5.74, 6) is -1.88. The standard InChI is InChI=1S/C34H66O9/c35-28-29(36)22-16-10-5-3-1-2-4-7-14-20-26-34(43,33(41)42)27-21-15-8-6-11-17-23-30(37)31(38)24-18-12-9-13-19-25-32(39)40/h29-31,35-38,43H,1-28H2,(H,39,40)(H,41,42). The number of carboxylic acid groups (broad SMARTS) is 2. The molecule has 0 aromatic heterocycles. The summed E-state index contributed by atoms with van der Waals surface area (Å²) in [6.07, 6.45) is 20.7. The first-order chi connectivity index (χ1) is 20.6. The van der Waals surface area contributed by atoms with Crippen LogP contribution in [0.1, 0.15) is 173 Å². The fraction of sp³-hybridized carbons (Fsp3) is 0.941. The zero-order valence-corrected chi connectivity index (χ0v) is 27.0. The number of aliphatic hydroxyl groups excluding tert-OH is 4. The fourth-order valence-electron chi connectivity index (χ4n) is 5.66. The topological polar surface area (TPSA) is 176 Å². The summed E-state index contributed by atoms with van der Waals surface area (Å²) in [5.41, 5.74) is -1.64. The van der Waals surface area contributed by atoms with Crippen LogP contribution in [0.5, 0.6) is 0 Å². The van der Waals surface area contributed by atoms with Gasteiger partial charge in [-0.05, 0) is 51.4 Å². The van der Waals surface area contributed by atoms with Crippen LogP contribution < -0.4 is 0 Å². The summed E-state index contributed by atoms with van der Waals surface area (Å²) in [6, 6.07) is 0. The molecular weight excluding hydrogens is 552 g/mol. The highest BCUT2D eigenvalue weighted by atomic mass is 16.4. The monoisotopic (exact) mass is 618 g/mol. The van der Waals surface area contributed by atoms with E-state index in [4.69, 9.17) is 10.2 Å². The molecule has 9 heteroatoms. The Kier molecular flexibility index (Phi) is 27.4. The minimum absolute atomic E-state index is 0.157. The van der Waals surface area contributed by atoms with E-state index >= 15 is 0 Å². The van der Waals surface area contributed by atoms with Crippen molar-refractivity contribution in [3.63, 3.8) is 0 Å². The molecule has 0 saturated carbocycles. The molecule has 0 fully saturated rings. The van der Waals surface area contributed by atoms with Crippen LogP contribution in [0, 0.1) is 0 Å². The second-order valence-electron chi connectivity index (χ2n) is 12.7. The van der Waals surface area contributed by atoms with Crippen molar-refractivity contribution in [1.82, 2.24) is 0 Å². The van der Waals surface area contributed by atoms with Gasteiger partial charge in [0.05, 0.1) is 24.9 Å². The first kappa shape index (κ1) is 41.7. The van der Waals surface area contributed by atoms with E-state index in [2.05, 4.69) is 0 Å². The number of carbonyl (C=O) groups is 2. The molecule has 0 aromatic rings. The summed E-state index contributed by atoms with van der Waals surface area (Å²) < 4.78 is 0. The molecule has 7 N–H and O–H groups in total. The maximum atomic E-state index is 11.7. The van der Waals surface area contributed by atoms with Gasteiger partial charge in [0.1, 0.15) is 0 Å². The van der Waals surface area contributed by atoms with Gasteiger partial charge in [0.2, 0.25) is 0 Å². The Labute approximate surface area is 261 Å². The molecule has 0 aromatic carbocycles. The van der Waals surface area contributed by atoms with E-state index < -0.39 is 35.9 Å². The average Bonchev–Trinajstić information content (AvgIpc) is 2.97. The molecule has 0 rings (SSSR count). The molecule has 256 valence electrons. The number of aliphatic hydroxyl groups is 5. The smallest absolute Gasteiger partial charge is 0.335 e. The van der Waals surface area contributed by atoms with Gasteiger partial charge in [0, 0.05) is 6.42 Å². The Bertz CT molecular complexity index is 660. The second kappa shape index (κ2) is 28.2. The molecule has 0 saturated heterocycles. The number of rotatable bonds is 33. The minimum Gasteiger partial charge on any atom is -0.481 e. The second-order valence-corrected chi connectivity index (χ2v) is 12.7. The molecule has 43 heavy (non-hydrogen) atoms. The number of hydrogen-bond acceptors (Lipinski definition) is 7. The van der Waals surface area contributed by atoms with E-state index in [1.807, 2.05) is 0 Å². The summed E-state index contributed by atoms with van der Waals surface area (Å²) in [6.45, 7) is -0.157. The van der Waals surface area contributed by atoms with Crippen LogP contribution in [0.25, 0.3) is 0 Å². The van der Waals surface area contributed by atoms with E-state index in [0.29, 0.717) is 38.5 Å². The summed E-state index contributed by atoms with van der Waals surface area (Å²) in [7, 11) is 0. The van der Waals surface area contributed by atoms with Crippen molar-refractivity contribution in [1.29, 1.82) is 0 Å². The molecule has 0 aliphatic rings. The lowest BCUT2D eigenvalue weighted by Gasteiger charge is -2.23. The quantitative estimate of drug-likeness (QED) is 0.0405. The lowest BCUT2D eigenvalue weighted by Crippen LogP contribution is -2.38. The number of unbranched alkanes of at least 4 members (excludes halogenated alkanes) is 18. The fourth-order valence-corrected chi connectivity index (χ4v) is 5.66. The van der Waals surface area contributed by atoms with Crippen molar-refractivity contribution in [2.24, 2.45) is 0 Å². The highest BCUT2D eigenvalue weighted by Crippen LogP contribution is 2.24. The Morgan fingerprint density at radius 3 is 1.16 bits per heavy atom. The molecule has 0 spiro atoms. The molecule has 4 atom stereocenters. The van der Waals surface area contributed by atoms with Crippen molar-refractivity contribution in [2.45, 2.75) is 197 Å². The molecule has 0 aliphatic heterocycles. The van der Waals surface area contributed by atoms with E-state index in [9.17, 15) is 35.1 Å². The van der Waals surface area contributed by atoms with Gasteiger partial charge in [-0.25, -0.2) is 4.79 Å². The van der Waals surface area contributed by atoms with Crippen molar-refractivity contribution in [3.05, 3.63) is 0 Å². The van der Waals surface area contributed by atoms with Gasteiger partial charge in [-0.3, -0.25) is 4.79 Å². The van der Waals surface area contributed by atoms with Crippen LogP contribution in [0.15, 0.2) is 0 Å². The Morgan fingerprint density at radius 2 is 0.814 bits per heavy atom. The van der Waals surface area contributed by atoms with Crippen LogP contribution in [-0.4, -0.2) is 78.2 Å². The molecule has 0 amide bonds. The van der Waals surface area contributed by atoms with Crippen LogP contribution in [-0.2, 0) is 9.59 Å². The first-order valence-corrected chi connectivity index (χ1v) is 17.4. The molecule has 9 nitrogen and oxygen atoms in total. The molecular formula is C34H66O9. The molecule has 0 heterocycles. The number of aliphatic carboxylic acids is 2. The van der Waals surface area contributed by atoms with Gasteiger partial charge in [0.25, 0.3) is 0 Å². The van der Waals surface area contributed by atoms with Crippen molar-refractivity contribution >= 4 is 11.9 Å². The third-order valence-electron chi connectivity index (χ3n) is 8.66. The summed E-state index contributed by atoms with van der Waals surface area (Å²) >= 11 is 0. The molecule has 0 radical (unpaired) electrons. The lowest BCUT2D eigenvalue weighted by atomic mass is 9.89. The van der Waals surface area contributed by atoms with E-state index in [1.54, 1.807) is 0 Å². The van der Waals surface area contributed by atoms with Gasteiger partial charge in [0.15, 0.2) is 5.60 Å². The number of hydrogen-bond donors (Lipinski definition) is 7. The van der Waals surface area contributed by atoms with Gasteiger partial charge < -0.3 is 35.7 Å². The Hall–Kier alpha value is -1.26. The summed E-state index contributed by atoms with van der Waals surface area (Å²) in [4.78, 5) is 22.2. The average molecular weight is 619 g/mol. The minimum atomic E-state index is -1.64. The highest BCUT2D eigenvalue weighted by molar-refractivity contribution is 5.76. The van der Waals surface area contributed by atoms with E-state index in [0.717, 1.165) is 103 Å². The van der Waals surface area contributed by atoms with Crippen molar-refractivity contribution < 1.29 is 45.3 Å². The predicted octanol–water partition coefficient (Wildman–Crippen LogP) is 6.49. The van der Waals surface area contributed by atoms with Crippen LogP contribution in [0.4, 0.5) is 0 Å². The van der Waals surface area contributed by atoms with Crippen LogP contribution in [0.2, 0.25) is 0 Å². The first-order valence-electron chi connectivity index (χ1n) is 17.4. The van der Waals surface area contributed by atoms with Gasteiger partial charge in [-0.2, -0.15) is 0 Å². The number of carboxylic acids is 2. The lowest BCUT2D eigenvalue weighted by molar-refractivity contribution is -0.160. The molecule has 4 unspecified atom stereocenters. The largest absolute Gasteiger partial charge is 0.481 e. The van der Waals surface area contributed by atoms with E-state index in [-0.39, 0.29) is 19.4 Å². The van der Waals surface area contributed by atoms with Gasteiger partial charge >= 0.3 is 11.9 Å². The van der Waals surface area contributed by atoms with Crippen LogP contribution in [0.3, 0.4) is 0 Å². The maximum Gasteiger partial charge on any atom is 0.335 e. The normalized spacial score (nSPS) is 15.2. The van der Waals surface area contributed by atoms with Crippen molar-refractivity contribution in [3.8, 4) is 0 Å². The van der Waals surface area contributed by atoms with Gasteiger partial charge in [-0.15, -0.1) is 0 Å². The molecule has 0 bridgehead atoms. The van der Waals surface area contributed by atoms with E-state index in [1.165, 1.54) is 19.3 Å².